The molecular weight excluding hydrogens is 432 g/mol. The summed E-state index contributed by atoms with van der Waals surface area (Å²) in [6, 6.07) is 8.84. The summed E-state index contributed by atoms with van der Waals surface area (Å²) in [4.78, 5) is 10.5. The standard InChI is InChI=1S/C7H6OS.C6H15P.Au/c8-7(9)6-4-2-1-3-5-6;1-4-7(5-2)6-3;/h1-5H,(H,8,9);4-6H2,1-3H3;/q;;+1. The van der Waals surface area contributed by atoms with E-state index in [0.717, 1.165) is 0 Å². The van der Waals surface area contributed by atoms with Crippen molar-refractivity contribution < 1.29 is 27.2 Å². The fraction of sp³-hybridized carbons (Fsp3) is 0.462. The Balaban J connectivity index is 0. The van der Waals surface area contributed by atoms with E-state index in [0.29, 0.717) is 5.56 Å². The van der Waals surface area contributed by atoms with Crippen LogP contribution in [0.25, 0.3) is 0 Å². The zero-order valence-electron chi connectivity index (χ0n) is 10.6. The number of rotatable bonds is 4. The van der Waals surface area contributed by atoms with Crippen molar-refractivity contribution in [3.05, 3.63) is 35.9 Å². The van der Waals surface area contributed by atoms with Crippen LogP contribution in [0.2, 0.25) is 0 Å². The van der Waals surface area contributed by atoms with Crippen LogP contribution in [0.3, 0.4) is 0 Å². The molecule has 0 fully saturated rings. The van der Waals surface area contributed by atoms with E-state index in [4.69, 9.17) is 0 Å². The Morgan fingerprint density at radius 2 is 1.47 bits per heavy atom. The van der Waals surface area contributed by atoms with Crippen LogP contribution < -0.4 is 0 Å². The van der Waals surface area contributed by atoms with Gasteiger partial charge in [0.15, 0.2) is 0 Å². The fourth-order valence-electron chi connectivity index (χ4n) is 1.32. The third-order valence-corrected chi connectivity index (χ3v) is 5.75. The summed E-state index contributed by atoms with van der Waals surface area (Å²) in [6.07, 6.45) is 4.37. The van der Waals surface area contributed by atoms with Crippen molar-refractivity contribution in [1.29, 1.82) is 0 Å². The van der Waals surface area contributed by atoms with E-state index in [1.54, 1.807) is 24.3 Å². The monoisotopic (exact) mass is 453 g/mol. The number of hydrogen-bond donors (Lipinski definition) is 0. The molecule has 17 heavy (non-hydrogen) atoms. The number of carbonyl (C=O) groups excluding carboxylic acids is 1. The molecule has 0 aliphatic carbocycles. The topological polar surface area (TPSA) is 17.1 Å². The van der Waals surface area contributed by atoms with Crippen LogP contribution in [0, 0.1) is 0 Å². The molecule has 0 aliphatic rings. The SMILES string of the molecule is CC[PH+](CC)CC.O=C([S-])c1ccccc1.[Au+]. The molecule has 0 saturated carbocycles. The first-order valence-corrected chi connectivity index (χ1v) is 8.28. The fourth-order valence-corrected chi connectivity index (χ4v) is 2.96. The van der Waals surface area contributed by atoms with Gasteiger partial charge in [-0.1, -0.05) is 30.3 Å². The minimum atomic E-state index is -0.296. The molecule has 0 saturated heterocycles. The van der Waals surface area contributed by atoms with Crippen molar-refractivity contribution in [2.75, 3.05) is 18.5 Å². The number of hydrogen-bond acceptors (Lipinski definition) is 2. The van der Waals surface area contributed by atoms with Gasteiger partial charge in [0.25, 0.3) is 0 Å². The first-order chi connectivity index (χ1) is 7.65. The Morgan fingerprint density at radius 3 is 1.65 bits per heavy atom. The van der Waals surface area contributed by atoms with Crippen LogP contribution in [0.4, 0.5) is 0 Å². The molecule has 100 valence electrons. The summed E-state index contributed by atoms with van der Waals surface area (Å²) in [7, 11) is 0.137. The average Bonchev–Trinajstić information content (AvgIpc) is 2.33. The Labute approximate surface area is 127 Å². The Kier molecular flexibility index (Phi) is 14.7. The predicted molar refractivity (Wildman–Crippen MR) is 78.1 cm³/mol. The van der Waals surface area contributed by atoms with Gasteiger partial charge in [-0.25, -0.2) is 0 Å². The molecule has 1 aromatic rings. The van der Waals surface area contributed by atoms with Crippen LogP contribution in [-0.4, -0.2) is 23.6 Å². The molecule has 4 heteroatoms. The summed E-state index contributed by atoms with van der Waals surface area (Å²) in [5, 5.41) is -0.296. The molecule has 0 radical (unpaired) electrons. The molecule has 0 bridgehead atoms. The van der Waals surface area contributed by atoms with Crippen molar-refractivity contribution >= 4 is 25.7 Å². The van der Waals surface area contributed by atoms with Crippen molar-refractivity contribution in [1.82, 2.24) is 0 Å². The van der Waals surface area contributed by atoms with E-state index in [-0.39, 0.29) is 35.4 Å². The van der Waals surface area contributed by atoms with Gasteiger partial charge in [0.05, 0.1) is 18.5 Å². The van der Waals surface area contributed by atoms with E-state index in [1.807, 2.05) is 6.07 Å². The second-order valence-corrected chi connectivity index (χ2v) is 7.46. The van der Waals surface area contributed by atoms with Crippen LogP contribution >= 0.6 is 7.92 Å². The molecule has 1 rings (SSSR count). The molecule has 0 spiro atoms. The van der Waals surface area contributed by atoms with E-state index >= 15 is 0 Å². The molecular formula is C13H21AuOPS+. The van der Waals surface area contributed by atoms with Crippen LogP contribution in [0.15, 0.2) is 30.3 Å². The van der Waals surface area contributed by atoms with E-state index in [2.05, 4.69) is 33.4 Å². The molecule has 0 N–H and O–H groups in total. The van der Waals surface area contributed by atoms with Gasteiger partial charge in [0, 0.05) is 5.12 Å². The van der Waals surface area contributed by atoms with Gasteiger partial charge in [0.2, 0.25) is 0 Å². The first kappa shape index (κ1) is 19.6. The van der Waals surface area contributed by atoms with Crippen LogP contribution in [-0.2, 0) is 35.0 Å². The molecule has 0 atom stereocenters. The Morgan fingerprint density at radius 1 is 1.06 bits per heavy atom. The van der Waals surface area contributed by atoms with Crippen LogP contribution in [0.1, 0.15) is 31.1 Å². The molecule has 0 unspecified atom stereocenters. The molecule has 0 aromatic heterocycles. The van der Waals surface area contributed by atoms with Crippen molar-refractivity contribution in [2.45, 2.75) is 20.8 Å². The van der Waals surface area contributed by atoms with Crippen molar-refractivity contribution in [3.8, 4) is 0 Å². The Bertz CT molecular complexity index is 283. The molecule has 1 nitrogen and oxygen atoms in total. The zero-order valence-corrected chi connectivity index (χ0v) is 14.6. The minimum absolute atomic E-state index is 0. The average molecular weight is 453 g/mol. The molecule has 0 heterocycles. The zero-order chi connectivity index (χ0) is 12.4. The molecule has 0 amide bonds. The summed E-state index contributed by atoms with van der Waals surface area (Å²) in [5.41, 5.74) is 0.590. The van der Waals surface area contributed by atoms with E-state index in [1.165, 1.54) is 18.5 Å². The summed E-state index contributed by atoms with van der Waals surface area (Å²) in [5.74, 6) is 0. The third kappa shape index (κ3) is 9.94. The summed E-state index contributed by atoms with van der Waals surface area (Å²) < 4.78 is 0. The third-order valence-electron chi connectivity index (χ3n) is 2.51. The number of benzene rings is 1. The van der Waals surface area contributed by atoms with Gasteiger partial charge >= 0.3 is 22.4 Å². The largest absolute Gasteiger partial charge is 1.00 e. The van der Waals surface area contributed by atoms with Crippen molar-refractivity contribution in [2.24, 2.45) is 0 Å². The van der Waals surface area contributed by atoms with Crippen LogP contribution in [0.5, 0.6) is 0 Å². The van der Waals surface area contributed by atoms with Gasteiger partial charge in [0.1, 0.15) is 0 Å². The first-order valence-electron chi connectivity index (χ1n) is 5.75. The Hall–Kier alpha value is 0.280. The van der Waals surface area contributed by atoms with Gasteiger partial charge < -0.3 is 17.4 Å². The summed E-state index contributed by atoms with van der Waals surface area (Å²) >= 11 is 4.41. The second-order valence-electron chi connectivity index (χ2n) is 3.46. The quantitative estimate of drug-likeness (QED) is 0.394. The van der Waals surface area contributed by atoms with Crippen molar-refractivity contribution in [3.63, 3.8) is 0 Å². The number of carbonyl (C=O) groups is 1. The van der Waals surface area contributed by atoms with Gasteiger partial charge in [-0.3, -0.25) is 0 Å². The normalized spacial score (nSPS) is 8.94. The maximum Gasteiger partial charge on any atom is 1.00 e. The smallest absolute Gasteiger partial charge is 0.737 e. The predicted octanol–water partition coefficient (Wildman–Crippen LogP) is 3.63. The second kappa shape index (κ2) is 12.7. The minimum Gasteiger partial charge on any atom is -0.737 e. The molecule has 1 aromatic carbocycles. The maximum absolute atomic E-state index is 10.5. The van der Waals surface area contributed by atoms with Gasteiger partial charge in [-0.05, 0) is 34.3 Å². The van der Waals surface area contributed by atoms with E-state index in [9.17, 15) is 4.79 Å². The maximum atomic E-state index is 10.5. The van der Waals surface area contributed by atoms with E-state index < -0.39 is 0 Å². The summed E-state index contributed by atoms with van der Waals surface area (Å²) in [6.45, 7) is 6.92. The van der Waals surface area contributed by atoms with Gasteiger partial charge in [-0.2, -0.15) is 0 Å². The molecule has 0 aliphatic heterocycles. The van der Waals surface area contributed by atoms with Gasteiger partial charge in [-0.15, -0.1) is 0 Å².